The Morgan fingerprint density at radius 2 is 1.67 bits per heavy atom. The van der Waals surface area contributed by atoms with E-state index >= 15 is 8.78 Å². The number of halogens is 7. The number of imidazole rings is 1. The van der Waals surface area contributed by atoms with E-state index in [-0.39, 0.29) is 27.9 Å². The van der Waals surface area contributed by atoms with Crippen molar-refractivity contribution in [1.29, 1.82) is 0 Å². The van der Waals surface area contributed by atoms with Crippen LogP contribution in [0.1, 0.15) is 47.7 Å². The van der Waals surface area contributed by atoms with E-state index in [9.17, 15) is 26.0 Å². The number of carbonyl (C=O) groups is 1. The molecule has 0 saturated carbocycles. The summed E-state index contributed by atoms with van der Waals surface area (Å²) in [5.41, 5.74) is 3.17. The molecule has 0 aliphatic heterocycles. The molecule has 5 rings (SSSR count). The number of alkyl halides is 3. The Bertz CT molecular complexity index is 1990. The Kier molecular flexibility index (Phi) is 13.0. The second-order valence-corrected chi connectivity index (χ2v) is 16.5. The lowest BCUT2D eigenvalue weighted by Gasteiger charge is -2.26. The summed E-state index contributed by atoms with van der Waals surface area (Å²) in [6.45, 7) is 0.607. The number of fused-ring (bicyclic) bond motifs is 1. The number of methoxy groups -OCH3 is 1. The third-order valence-corrected chi connectivity index (χ3v) is 11.2. The minimum absolute atomic E-state index is 0.0816. The van der Waals surface area contributed by atoms with Crippen LogP contribution in [-0.4, -0.2) is 75.1 Å². The molecule has 4 aromatic rings. The van der Waals surface area contributed by atoms with E-state index in [2.05, 4.69) is 0 Å². The molecule has 8 nitrogen and oxygen atoms in total. The van der Waals surface area contributed by atoms with Crippen LogP contribution in [0.3, 0.4) is 0 Å². The van der Waals surface area contributed by atoms with Gasteiger partial charge in [0, 0.05) is 29.3 Å². The molecule has 0 radical (unpaired) electrons. The van der Waals surface area contributed by atoms with Crippen molar-refractivity contribution in [3.05, 3.63) is 99.6 Å². The fourth-order valence-electron chi connectivity index (χ4n) is 5.64. The summed E-state index contributed by atoms with van der Waals surface area (Å²) in [6.07, 6.45) is -2.42. The van der Waals surface area contributed by atoms with E-state index in [0.717, 1.165) is 53.7 Å². The van der Waals surface area contributed by atoms with Gasteiger partial charge in [-0.1, -0.05) is 29.4 Å². The molecule has 3 aromatic carbocycles. The van der Waals surface area contributed by atoms with Crippen LogP contribution in [-0.2, 0) is 26.8 Å². The van der Waals surface area contributed by atoms with Gasteiger partial charge in [-0.25, -0.2) is 26.6 Å². The number of nitrogens with zero attached hydrogens (tertiary/aromatic N) is 3. The van der Waals surface area contributed by atoms with Crippen molar-refractivity contribution in [2.45, 2.75) is 53.6 Å². The Labute approximate surface area is 306 Å². The van der Waals surface area contributed by atoms with E-state index in [4.69, 9.17) is 31.2 Å². The minimum atomic E-state index is -5.19. The van der Waals surface area contributed by atoms with Crippen LogP contribution < -0.4 is 9.84 Å². The summed E-state index contributed by atoms with van der Waals surface area (Å²) in [5.74, 6) is -5.11. The number of quaternary nitrogens is 1. The number of aliphatic carboxylic acids is 1. The van der Waals surface area contributed by atoms with E-state index in [1.165, 1.54) is 12.1 Å². The molecule has 0 saturated heterocycles. The first-order valence-electron chi connectivity index (χ1n) is 15.8. The first-order valence-corrected chi connectivity index (χ1v) is 18.9. The number of hydrogen-bond donors (Lipinski definition) is 0. The van der Waals surface area contributed by atoms with Gasteiger partial charge in [-0.3, -0.25) is 4.57 Å². The Balaban J connectivity index is 0.000000785. The van der Waals surface area contributed by atoms with Crippen molar-refractivity contribution in [3.8, 4) is 11.4 Å². The molecule has 0 bridgehead atoms. The fourth-order valence-corrected chi connectivity index (χ4v) is 8.20. The van der Waals surface area contributed by atoms with Crippen LogP contribution >= 0.6 is 23.4 Å². The quantitative estimate of drug-likeness (QED) is 0.0928. The van der Waals surface area contributed by atoms with Crippen LogP contribution in [0.25, 0.3) is 5.69 Å². The van der Waals surface area contributed by atoms with Gasteiger partial charge in [0.2, 0.25) is 0 Å². The maximum atomic E-state index is 15.3. The average Bonchev–Trinajstić information content (AvgIpc) is 3.42. The van der Waals surface area contributed by atoms with Crippen LogP contribution in [0.2, 0.25) is 5.02 Å². The third kappa shape index (κ3) is 10.2. The SMILES string of the molecule is COc1cc(C2CCCc3nc(SCc4c(F)cc(S(=O)(=O)CCC[N+](C)(C)C)cc4F)n(-c4ccc(F)cc4)c32)ccc1Cl.O=C([O-])C(F)(F)F. The number of hydrogen-bond acceptors (Lipinski definition) is 7. The molecule has 1 aliphatic rings. The van der Waals surface area contributed by atoms with E-state index in [1.54, 1.807) is 25.3 Å². The fraction of sp³-hybridized carbons (Fsp3) is 0.371. The Hall–Kier alpha value is -3.73. The first kappa shape index (κ1) is 41.0. The molecule has 1 unspecified atom stereocenters. The van der Waals surface area contributed by atoms with Gasteiger partial charge in [0.15, 0.2) is 15.0 Å². The second kappa shape index (κ2) is 16.5. The predicted octanol–water partition coefficient (Wildman–Crippen LogP) is 6.88. The maximum Gasteiger partial charge on any atom is 0.430 e. The topological polar surface area (TPSA) is 101 Å². The molecule has 0 spiro atoms. The molecule has 1 heterocycles. The molecular weight excluding hydrogens is 756 g/mol. The van der Waals surface area contributed by atoms with Crippen LogP contribution in [0.4, 0.5) is 26.3 Å². The highest BCUT2D eigenvalue weighted by atomic mass is 35.5. The van der Waals surface area contributed by atoms with Crippen molar-refractivity contribution in [2.75, 3.05) is 40.6 Å². The van der Waals surface area contributed by atoms with Crippen LogP contribution in [0, 0.1) is 17.5 Å². The largest absolute Gasteiger partial charge is 0.542 e. The number of rotatable bonds is 11. The number of carbonyl (C=O) groups excluding carboxylic acids is 1. The monoisotopic (exact) mass is 791 g/mol. The van der Waals surface area contributed by atoms with Crippen molar-refractivity contribution >= 4 is 39.2 Å². The number of sulfone groups is 1. The lowest BCUT2D eigenvalue weighted by atomic mass is 9.84. The predicted molar refractivity (Wildman–Crippen MR) is 183 cm³/mol. The maximum absolute atomic E-state index is 15.3. The number of thioether (sulfide) groups is 1. The van der Waals surface area contributed by atoms with Gasteiger partial charge in [0.25, 0.3) is 0 Å². The summed E-state index contributed by atoms with van der Waals surface area (Å²) < 4.78 is 110. The Morgan fingerprint density at radius 1 is 1.06 bits per heavy atom. The zero-order valence-corrected chi connectivity index (χ0v) is 31.0. The van der Waals surface area contributed by atoms with Crippen molar-refractivity contribution in [1.82, 2.24) is 9.55 Å². The highest BCUT2D eigenvalue weighted by molar-refractivity contribution is 7.98. The number of ether oxygens (including phenoxy) is 1. The van der Waals surface area contributed by atoms with Gasteiger partial charge < -0.3 is 19.1 Å². The molecule has 0 fully saturated rings. The highest BCUT2D eigenvalue weighted by Crippen LogP contribution is 2.43. The van der Waals surface area contributed by atoms with Crippen molar-refractivity contribution in [3.63, 3.8) is 0 Å². The smallest absolute Gasteiger partial charge is 0.430 e. The van der Waals surface area contributed by atoms with E-state index in [1.807, 2.05) is 37.8 Å². The molecular formula is C35H36ClF6N3O5S2. The highest BCUT2D eigenvalue weighted by Gasteiger charge is 2.31. The first-order chi connectivity index (χ1) is 24.2. The normalized spacial score (nSPS) is 14.7. The third-order valence-electron chi connectivity index (χ3n) is 8.15. The van der Waals surface area contributed by atoms with Crippen LogP contribution in [0.5, 0.6) is 5.75 Å². The molecule has 0 amide bonds. The number of carboxylic acids is 1. The van der Waals surface area contributed by atoms with Gasteiger partial charge >= 0.3 is 6.18 Å². The molecule has 282 valence electrons. The van der Waals surface area contributed by atoms with Crippen molar-refractivity contribution < 1.29 is 53.9 Å². The number of aromatic nitrogens is 2. The summed E-state index contributed by atoms with van der Waals surface area (Å²) in [5, 5.41) is 9.77. The van der Waals surface area contributed by atoms with Crippen molar-refractivity contribution in [2.24, 2.45) is 0 Å². The summed E-state index contributed by atoms with van der Waals surface area (Å²) in [6, 6.07) is 13.5. The zero-order chi connectivity index (χ0) is 38.6. The average molecular weight is 792 g/mol. The molecule has 0 N–H and O–H groups in total. The molecule has 1 aromatic heterocycles. The second-order valence-electron chi connectivity index (χ2n) is 13.0. The van der Waals surface area contributed by atoms with Gasteiger partial charge in [0.1, 0.15) is 29.2 Å². The van der Waals surface area contributed by atoms with Crippen LogP contribution in [0.15, 0.2) is 64.6 Å². The van der Waals surface area contributed by atoms with Gasteiger partial charge in [-0.2, -0.15) is 13.2 Å². The zero-order valence-electron chi connectivity index (χ0n) is 28.6. The lowest BCUT2D eigenvalue weighted by Crippen LogP contribution is -2.37. The minimum Gasteiger partial charge on any atom is -0.542 e. The van der Waals surface area contributed by atoms with E-state index < -0.39 is 39.4 Å². The summed E-state index contributed by atoms with van der Waals surface area (Å²) >= 11 is 7.44. The van der Waals surface area contributed by atoms with Gasteiger partial charge in [-0.15, -0.1) is 0 Å². The Morgan fingerprint density at radius 3 is 2.23 bits per heavy atom. The number of benzene rings is 3. The summed E-state index contributed by atoms with van der Waals surface area (Å²) in [4.78, 5) is 13.3. The number of aryl methyl sites for hydroxylation is 1. The van der Waals surface area contributed by atoms with E-state index in [0.29, 0.717) is 45.5 Å². The lowest BCUT2D eigenvalue weighted by molar-refractivity contribution is -0.870. The van der Waals surface area contributed by atoms with Gasteiger partial charge in [0.05, 0.1) is 61.9 Å². The molecule has 1 atom stereocenters. The van der Waals surface area contributed by atoms with Gasteiger partial charge in [-0.05, 0) is 73.4 Å². The standard InChI is InChI=1S/C33H36ClF3N3O3S2.C2HF3O2/c1-40(2,3)15-6-16-45(41,42)24-18-28(36)26(29(37)19-24)20-44-33-38-30-8-5-7-25(21-9-14-27(34)31(17-21)43-4)32(30)39(33)23-12-10-22(35)11-13-23;3-2(4,5)1(6)7/h9-14,17-19,25H,5-8,15-16,20H2,1-4H3;(H,6,7)/q+1;/p-1. The molecule has 17 heteroatoms. The number of carboxylic acid groups (broad SMARTS) is 1. The molecule has 1 aliphatic carbocycles. The molecule has 52 heavy (non-hydrogen) atoms. The summed E-state index contributed by atoms with van der Waals surface area (Å²) in [7, 11) is 3.54.